The molecule has 3 N–H and O–H groups in total. The molecule has 1 heterocycles. The van der Waals surface area contributed by atoms with Crippen LogP contribution in [0, 0.1) is 5.82 Å². The van der Waals surface area contributed by atoms with Gasteiger partial charge in [-0.2, -0.15) is 0 Å². The molecule has 0 saturated heterocycles. The maximum Gasteiger partial charge on any atom is 0.271 e. The molecule has 0 radical (unpaired) electrons. The van der Waals surface area contributed by atoms with E-state index >= 15 is 0 Å². The summed E-state index contributed by atoms with van der Waals surface area (Å²) >= 11 is 12.0. The Bertz CT molecular complexity index is 1070. The number of anilines is 3. The highest BCUT2D eigenvalue weighted by Gasteiger charge is 2.17. The maximum atomic E-state index is 13.5. The van der Waals surface area contributed by atoms with Crippen LogP contribution in [-0.2, 0) is 10.0 Å². The summed E-state index contributed by atoms with van der Waals surface area (Å²) in [5.41, 5.74) is 1.19. The first kappa shape index (κ1) is 19.6. The van der Waals surface area contributed by atoms with Crippen LogP contribution in [0.15, 0.2) is 64.2 Å². The van der Waals surface area contributed by atoms with Gasteiger partial charge >= 0.3 is 0 Å². The minimum absolute atomic E-state index is 0.00718. The molecule has 0 spiro atoms. The number of thiophene rings is 1. The first-order valence-electron chi connectivity index (χ1n) is 7.53. The topological polar surface area (TPSA) is 70.2 Å². The largest absolute Gasteiger partial charge is 0.332 e. The standard InChI is InChI=1S/C17H13ClFN3O2S3/c18-12-8-7-11(10-13(12)19)20-17(25)21-14-4-1-2-5-15(14)22-27(23,24)16-6-3-9-26-16/h1-10,22H,(H2,20,21,25). The quantitative estimate of drug-likeness (QED) is 0.477. The first-order chi connectivity index (χ1) is 12.8. The molecule has 27 heavy (non-hydrogen) atoms. The highest BCUT2D eigenvalue weighted by atomic mass is 35.5. The number of sulfonamides is 1. The second kappa shape index (κ2) is 8.22. The normalized spacial score (nSPS) is 11.0. The number of nitrogens with one attached hydrogen (secondary N) is 3. The van der Waals surface area contributed by atoms with Gasteiger partial charge in [-0.25, -0.2) is 12.8 Å². The van der Waals surface area contributed by atoms with E-state index in [2.05, 4.69) is 15.4 Å². The van der Waals surface area contributed by atoms with Crippen LogP contribution < -0.4 is 15.4 Å². The second-order valence-electron chi connectivity index (χ2n) is 5.29. The third-order valence-corrected chi connectivity index (χ3v) is 6.63. The van der Waals surface area contributed by atoms with Gasteiger partial charge < -0.3 is 10.6 Å². The molecule has 0 aliphatic heterocycles. The van der Waals surface area contributed by atoms with Gasteiger partial charge in [0.15, 0.2) is 5.11 Å². The van der Waals surface area contributed by atoms with E-state index in [0.29, 0.717) is 17.1 Å². The van der Waals surface area contributed by atoms with Crippen LogP contribution in [0.25, 0.3) is 0 Å². The molecular weight excluding hydrogens is 429 g/mol. The lowest BCUT2D eigenvalue weighted by Crippen LogP contribution is -2.21. The van der Waals surface area contributed by atoms with E-state index in [-0.39, 0.29) is 14.3 Å². The molecule has 3 rings (SSSR count). The van der Waals surface area contributed by atoms with Crippen LogP contribution in [-0.4, -0.2) is 13.5 Å². The van der Waals surface area contributed by atoms with E-state index in [1.807, 2.05) is 0 Å². The van der Waals surface area contributed by atoms with E-state index in [1.54, 1.807) is 41.8 Å². The molecular formula is C17H13ClFN3O2S3. The third-order valence-electron chi connectivity index (χ3n) is 3.36. The Morgan fingerprint density at radius 1 is 1.04 bits per heavy atom. The van der Waals surface area contributed by atoms with Gasteiger partial charge in [0.05, 0.1) is 16.4 Å². The van der Waals surface area contributed by atoms with E-state index < -0.39 is 15.8 Å². The zero-order chi connectivity index (χ0) is 19.4. The number of para-hydroxylation sites is 2. The molecule has 0 aliphatic rings. The lowest BCUT2D eigenvalue weighted by atomic mass is 10.3. The van der Waals surface area contributed by atoms with Gasteiger partial charge in [0.25, 0.3) is 10.0 Å². The summed E-state index contributed by atoms with van der Waals surface area (Å²) in [6.07, 6.45) is 0. The number of halogens is 2. The maximum absolute atomic E-state index is 13.5. The summed E-state index contributed by atoms with van der Waals surface area (Å²) < 4.78 is 41.1. The lowest BCUT2D eigenvalue weighted by Gasteiger charge is -2.15. The van der Waals surface area contributed by atoms with E-state index in [4.69, 9.17) is 23.8 Å². The van der Waals surface area contributed by atoms with Crippen molar-refractivity contribution in [2.75, 3.05) is 15.4 Å². The van der Waals surface area contributed by atoms with Gasteiger partial charge in [-0.1, -0.05) is 29.8 Å². The van der Waals surface area contributed by atoms with Crippen molar-refractivity contribution in [1.29, 1.82) is 0 Å². The van der Waals surface area contributed by atoms with Crippen LogP contribution in [0.1, 0.15) is 0 Å². The van der Waals surface area contributed by atoms with Crippen LogP contribution in [0.5, 0.6) is 0 Å². The molecule has 0 unspecified atom stereocenters. The van der Waals surface area contributed by atoms with Gasteiger partial charge in [-0.15, -0.1) is 11.3 Å². The van der Waals surface area contributed by atoms with Crippen molar-refractivity contribution in [3.8, 4) is 0 Å². The molecule has 3 aromatic rings. The zero-order valence-corrected chi connectivity index (χ0v) is 16.8. The Morgan fingerprint density at radius 2 is 1.78 bits per heavy atom. The fraction of sp³-hybridized carbons (Fsp3) is 0. The Morgan fingerprint density at radius 3 is 2.44 bits per heavy atom. The van der Waals surface area contributed by atoms with Crippen molar-refractivity contribution in [3.63, 3.8) is 0 Å². The zero-order valence-electron chi connectivity index (χ0n) is 13.6. The molecule has 1 aromatic heterocycles. The van der Waals surface area contributed by atoms with Crippen LogP contribution in [0.2, 0.25) is 5.02 Å². The number of hydrogen-bond donors (Lipinski definition) is 3. The molecule has 0 saturated carbocycles. The Labute approximate surface area is 170 Å². The van der Waals surface area contributed by atoms with E-state index in [1.165, 1.54) is 18.2 Å². The highest BCUT2D eigenvalue weighted by molar-refractivity contribution is 7.94. The number of hydrogen-bond acceptors (Lipinski definition) is 4. The summed E-state index contributed by atoms with van der Waals surface area (Å²) in [6, 6.07) is 14.1. The molecule has 10 heteroatoms. The summed E-state index contributed by atoms with van der Waals surface area (Å²) in [6.45, 7) is 0. The Kier molecular flexibility index (Phi) is 5.95. The van der Waals surface area contributed by atoms with Crippen LogP contribution in [0.3, 0.4) is 0 Å². The lowest BCUT2D eigenvalue weighted by molar-refractivity contribution is 0.603. The number of thiocarbonyl (C=S) groups is 1. The molecule has 5 nitrogen and oxygen atoms in total. The average molecular weight is 442 g/mol. The molecule has 2 aromatic carbocycles. The first-order valence-corrected chi connectivity index (χ1v) is 10.7. The second-order valence-corrected chi connectivity index (χ2v) is 8.96. The van der Waals surface area contributed by atoms with Gasteiger partial charge in [0, 0.05) is 5.69 Å². The summed E-state index contributed by atoms with van der Waals surface area (Å²) in [5, 5.41) is 7.58. The van der Waals surface area contributed by atoms with Gasteiger partial charge in [-0.3, -0.25) is 4.72 Å². The molecule has 0 fully saturated rings. The van der Waals surface area contributed by atoms with E-state index in [9.17, 15) is 12.8 Å². The number of benzene rings is 2. The van der Waals surface area contributed by atoms with Crippen molar-refractivity contribution in [3.05, 3.63) is 70.8 Å². The van der Waals surface area contributed by atoms with Crippen molar-refractivity contribution in [2.45, 2.75) is 4.21 Å². The minimum Gasteiger partial charge on any atom is -0.332 e. The predicted molar refractivity (Wildman–Crippen MR) is 113 cm³/mol. The predicted octanol–water partition coefficient (Wildman–Crippen LogP) is 5.15. The van der Waals surface area contributed by atoms with Crippen molar-refractivity contribution in [2.24, 2.45) is 0 Å². The summed E-state index contributed by atoms with van der Waals surface area (Å²) in [5.74, 6) is -0.575. The van der Waals surface area contributed by atoms with Crippen LogP contribution in [0.4, 0.5) is 21.5 Å². The summed E-state index contributed by atoms with van der Waals surface area (Å²) in [7, 11) is -3.70. The summed E-state index contributed by atoms with van der Waals surface area (Å²) in [4.78, 5) is 0. The Balaban J connectivity index is 1.75. The van der Waals surface area contributed by atoms with Gasteiger partial charge in [0.1, 0.15) is 10.0 Å². The molecule has 0 aliphatic carbocycles. The van der Waals surface area contributed by atoms with E-state index in [0.717, 1.165) is 11.3 Å². The average Bonchev–Trinajstić information content (AvgIpc) is 3.15. The monoisotopic (exact) mass is 441 g/mol. The molecule has 140 valence electrons. The smallest absolute Gasteiger partial charge is 0.271 e. The minimum atomic E-state index is -3.70. The Hall–Kier alpha value is -2.20. The molecule has 0 bridgehead atoms. The van der Waals surface area contributed by atoms with Crippen molar-refractivity contribution >= 4 is 67.4 Å². The van der Waals surface area contributed by atoms with Crippen molar-refractivity contribution < 1.29 is 12.8 Å². The SMILES string of the molecule is O=S(=O)(Nc1ccccc1NC(=S)Nc1ccc(Cl)c(F)c1)c1cccs1. The molecule has 0 amide bonds. The van der Waals surface area contributed by atoms with Crippen molar-refractivity contribution in [1.82, 2.24) is 0 Å². The van der Waals surface area contributed by atoms with Crippen LogP contribution >= 0.6 is 35.2 Å². The highest BCUT2D eigenvalue weighted by Crippen LogP contribution is 2.26. The fourth-order valence-corrected chi connectivity index (χ4v) is 4.57. The molecule has 0 atom stereocenters. The van der Waals surface area contributed by atoms with Gasteiger partial charge in [0.2, 0.25) is 0 Å². The number of rotatable bonds is 5. The van der Waals surface area contributed by atoms with Gasteiger partial charge in [-0.05, 0) is 54.0 Å². The fourth-order valence-electron chi connectivity index (χ4n) is 2.15. The third kappa shape index (κ3) is 4.95.